The lowest BCUT2D eigenvalue weighted by molar-refractivity contribution is -0.115. The number of nitrogens with two attached hydrogens (primary N) is 1. The van der Waals surface area contributed by atoms with E-state index in [1.165, 1.54) is 6.08 Å². The van der Waals surface area contributed by atoms with Crippen molar-refractivity contribution < 1.29 is 14.0 Å². The third kappa shape index (κ3) is 2.99. The van der Waals surface area contributed by atoms with Gasteiger partial charge in [-0.05, 0) is 19.1 Å². The van der Waals surface area contributed by atoms with E-state index in [4.69, 9.17) is 15.4 Å². The molecule has 0 unspecified atom stereocenters. The third-order valence-electron chi connectivity index (χ3n) is 1.65. The van der Waals surface area contributed by atoms with E-state index in [2.05, 4.69) is 0 Å². The number of urea groups is 1. The Morgan fingerprint density at radius 2 is 2.25 bits per heavy atom. The molecule has 1 aromatic heterocycles. The summed E-state index contributed by atoms with van der Waals surface area (Å²) < 4.78 is 5.15. The molecule has 0 bridgehead atoms. The van der Waals surface area contributed by atoms with Crippen LogP contribution in [-0.2, 0) is 4.79 Å². The highest BCUT2D eigenvalue weighted by Gasteiger charge is 2.11. The highest BCUT2D eigenvalue weighted by atomic mass is 16.3. The van der Waals surface area contributed by atoms with Crippen LogP contribution in [0.5, 0.6) is 0 Å². The van der Waals surface area contributed by atoms with E-state index in [-0.39, 0.29) is 5.57 Å². The number of furan rings is 1. The largest absolute Gasteiger partial charge is 0.462 e. The van der Waals surface area contributed by atoms with Gasteiger partial charge in [0.1, 0.15) is 23.2 Å². The molecular formula is C10H9N3O3. The van der Waals surface area contributed by atoms with Gasteiger partial charge < -0.3 is 10.2 Å². The molecule has 0 radical (unpaired) electrons. The smallest absolute Gasteiger partial charge is 0.319 e. The number of rotatable bonds is 2. The molecule has 0 aliphatic rings. The molecule has 0 aliphatic carbocycles. The maximum Gasteiger partial charge on any atom is 0.319 e. The van der Waals surface area contributed by atoms with E-state index in [0.29, 0.717) is 11.5 Å². The molecule has 16 heavy (non-hydrogen) atoms. The Kier molecular flexibility index (Phi) is 3.45. The molecule has 0 saturated carbocycles. The monoisotopic (exact) mass is 219 g/mol. The van der Waals surface area contributed by atoms with Crippen molar-refractivity contribution in [3.05, 3.63) is 29.2 Å². The molecule has 1 rings (SSSR count). The first-order valence-corrected chi connectivity index (χ1v) is 4.32. The zero-order valence-corrected chi connectivity index (χ0v) is 8.48. The topological polar surface area (TPSA) is 109 Å². The van der Waals surface area contributed by atoms with Crippen LogP contribution >= 0.6 is 0 Å². The number of carbonyl (C=O) groups is 2. The van der Waals surface area contributed by atoms with Crippen LogP contribution in [0.2, 0.25) is 0 Å². The summed E-state index contributed by atoms with van der Waals surface area (Å²) in [6.45, 7) is 1.73. The van der Waals surface area contributed by atoms with Crippen molar-refractivity contribution >= 4 is 18.0 Å². The van der Waals surface area contributed by atoms with Gasteiger partial charge in [0.15, 0.2) is 0 Å². The summed E-state index contributed by atoms with van der Waals surface area (Å²) in [5, 5.41) is 10.5. The summed E-state index contributed by atoms with van der Waals surface area (Å²) in [5.74, 6) is 0.150. The van der Waals surface area contributed by atoms with Crippen molar-refractivity contribution in [2.24, 2.45) is 5.73 Å². The molecule has 0 aliphatic heterocycles. The molecule has 6 nitrogen and oxygen atoms in total. The number of hydrogen-bond donors (Lipinski definition) is 2. The molecule has 0 atom stereocenters. The number of hydrogen-bond acceptors (Lipinski definition) is 4. The van der Waals surface area contributed by atoms with Crippen molar-refractivity contribution in [2.45, 2.75) is 6.92 Å². The Hall–Kier alpha value is -2.55. The minimum absolute atomic E-state index is 0.256. The van der Waals surface area contributed by atoms with Gasteiger partial charge >= 0.3 is 6.03 Å². The molecule has 6 heteroatoms. The van der Waals surface area contributed by atoms with Gasteiger partial charge in [0.25, 0.3) is 5.91 Å². The van der Waals surface area contributed by atoms with Crippen LogP contribution < -0.4 is 11.1 Å². The fourth-order valence-electron chi connectivity index (χ4n) is 1.00. The van der Waals surface area contributed by atoms with Crippen molar-refractivity contribution in [3.63, 3.8) is 0 Å². The summed E-state index contributed by atoms with van der Waals surface area (Å²) in [7, 11) is 0. The van der Waals surface area contributed by atoms with Crippen molar-refractivity contribution in [2.75, 3.05) is 0 Å². The van der Waals surface area contributed by atoms with E-state index in [9.17, 15) is 9.59 Å². The number of amides is 3. The third-order valence-corrected chi connectivity index (χ3v) is 1.65. The second-order valence-corrected chi connectivity index (χ2v) is 2.94. The Labute approximate surface area is 91.3 Å². The second kappa shape index (κ2) is 4.79. The molecule has 1 aromatic rings. The molecule has 82 valence electrons. The number of primary amides is 1. The number of imide groups is 1. The Morgan fingerprint density at radius 3 is 2.69 bits per heavy atom. The molecular weight excluding hydrogens is 210 g/mol. The van der Waals surface area contributed by atoms with Gasteiger partial charge in [0, 0.05) is 6.08 Å². The average molecular weight is 219 g/mol. The number of nitriles is 1. The van der Waals surface area contributed by atoms with Crippen LogP contribution in [0.3, 0.4) is 0 Å². The zero-order chi connectivity index (χ0) is 12.1. The van der Waals surface area contributed by atoms with Crippen LogP contribution in [-0.4, -0.2) is 11.9 Å². The molecule has 3 amide bonds. The average Bonchev–Trinajstić information content (AvgIpc) is 2.59. The van der Waals surface area contributed by atoms with E-state index in [0.717, 1.165) is 0 Å². The molecule has 0 saturated heterocycles. The maximum absolute atomic E-state index is 11.3. The predicted octanol–water partition coefficient (Wildman–Crippen LogP) is 0.690. The van der Waals surface area contributed by atoms with E-state index in [1.807, 2.05) is 0 Å². The molecule has 3 N–H and O–H groups in total. The van der Waals surface area contributed by atoms with Gasteiger partial charge in [-0.15, -0.1) is 0 Å². The van der Waals surface area contributed by atoms with E-state index < -0.39 is 11.9 Å². The number of nitrogens with zero attached hydrogens (tertiary/aromatic N) is 1. The van der Waals surface area contributed by atoms with Crippen molar-refractivity contribution in [3.8, 4) is 6.07 Å². The van der Waals surface area contributed by atoms with Crippen molar-refractivity contribution in [1.29, 1.82) is 5.26 Å². The highest BCUT2D eigenvalue weighted by Crippen LogP contribution is 2.10. The lowest BCUT2D eigenvalue weighted by Gasteiger charge is -1.97. The van der Waals surface area contributed by atoms with Crippen LogP contribution in [0.1, 0.15) is 11.5 Å². The summed E-state index contributed by atoms with van der Waals surface area (Å²) in [6, 6.07) is 3.92. The van der Waals surface area contributed by atoms with Crippen LogP contribution in [0.15, 0.2) is 22.1 Å². The number of aryl methyl sites for hydroxylation is 1. The standard InChI is InChI=1S/C10H9N3O3/c1-6-2-3-8(16-6)4-7(5-11)9(14)13-10(12)15/h2-4H,1H3,(H3,12,13,14,15). The van der Waals surface area contributed by atoms with E-state index in [1.54, 1.807) is 30.4 Å². The SMILES string of the molecule is Cc1ccc(C=C(C#N)C(=O)NC(N)=O)o1. The fourth-order valence-corrected chi connectivity index (χ4v) is 1.00. The Morgan fingerprint density at radius 1 is 1.56 bits per heavy atom. The van der Waals surface area contributed by atoms with Gasteiger partial charge in [-0.2, -0.15) is 5.26 Å². The predicted molar refractivity (Wildman–Crippen MR) is 54.8 cm³/mol. The van der Waals surface area contributed by atoms with Gasteiger partial charge in [-0.1, -0.05) is 0 Å². The highest BCUT2D eigenvalue weighted by molar-refractivity contribution is 6.08. The number of carbonyl (C=O) groups excluding carboxylic acids is 2. The summed E-state index contributed by atoms with van der Waals surface area (Å²) in [5.41, 5.74) is 4.50. The molecule has 0 spiro atoms. The maximum atomic E-state index is 11.3. The fraction of sp³-hybridized carbons (Fsp3) is 0.100. The lowest BCUT2D eigenvalue weighted by Crippen LogP contribution is -2.35. The summed E-state index contributed by atoms with van der Waals surface area (Å²) in [4.78, 5) is 21.7. The number of nitrogens with one attached hydrogen (secondary N) is 1. The normalized spacial score (nSPS) is 10.6. The van der Waals surface area contributed by atoms with Crippen LogP contribution in [0, 0.1) is 18.3 Å². The Balaban J connectivity index is 2.91. The van der Waals surface area contributed by atoms with Gasteiger partial charge in [0.05, 0.1) is 0 Å². The lowest BCUT2D eigenvalue weighted by atomic mass is 10.2. The molecule has 1 heterocycles. The first kappa shape index (κ1) is 11.5. The minimum atomic E-state index is -1.01. The molecule has 0 fully saturated rings. The van der Waals surface area contributed by atoms with Gasteiger partial charge in [0.2, 0.25) is 0 Å². The van der Waals surface area contributed by atoms with Crippen LogP contribution in [0.4, 0.5) is 4.79 Å². The zero-order valence-electron chi connectivity index (χ0n) is 8.48. The summed E-state index contributed by atoms with van der Waals surface area (Å²) in [6.07, 6.45) is 1.23. The first-order chi connectivity index (χ1) is 7.52. The van der Waals surface area contributed by atoms with Crippen molar-refractivity contribution in [1.82, 2.24) is 5.32 Å². The second-order valence-electron chi connectivity index (χ2n) is 2.94. The quantitative estimate of drug-likeness (QED) is 0.563. The van der Waals surface area contributed by atoms with Gasteiger partial charge in [-0.25, -0.2) is 4.79 Å². The first-order valence-electron chi connectivity index (χ1n) is 4.32. The van der Waals surface area contributed by atoms with Crippen LogP contribution in [0.25, 0.3) is 6.08 Å². The van der Waals surface area contributed by atoms with E-state index >= 15 is 0 Å². The minimum Gasteiger partial charge on any atom is -0.462 e. The summed E-state index contributed by atoms with van der Waals surface area (Å²) >= 11 is 0. The Bertz CT molecular complexity index is 494. The molecule has 0 aromatic carbocycles. The van der Waals surface area contributed by atoms with Gasteiger partial charge in [-0.3, -0.25) is 10.1 Å².